The number of nitrogens with zero attached hydrogens (tertiary/aromatic N) is 5. The highest BCUT2D eigenvalue weighted by Crippen LogP contribution is 2.57. The zero-order chi connectivity index (χ0) is 28.1. The van der Waals surface area contributed by atoms with E-state index in [4.69, 9.17) is 0 Å². The standard InChI is InChI=1S/C34H33N5O2/c1-38-32(19-31(40)25-4-2-22(20-35)3-5-25)39(21-30-26-15-23-14-24(17-26)18-27(30)16-23)33(41)34(38,28-6-10-36-11-7-28)29-8-12-37-13-9-29/h2-13,19,23-24,26-27,30H,14-18,21H2,1H3. The van der Waals surface area contributed by atoms with Crippen molar-refractivity contribution in [1.29, 1.82) is 5.26 Å². The molecule has 2 aromatic heterocycles. The zero-order valence-electron chi connectivity index (χ0n) is 23.2. The smallest absolute Gasteiger partial charge is 0.263 e. The number of benzene rings is 1. The molecule has 0 radical (unpaired) electrons. The zero-order valence-corrected chi connectivity index (χ0v) is 23.2. The number of carbonyl (C=O) groups excluding carboxylic acids is 2. The second-order valence-corrected chi connectivity index (χ2v) is 12.3. The molecule has 5 fully saturated rings. The molecule has 3 heterocycles. The summed E-state index contributed by atoms with van der Waals surface area (Å²) in [7, 11) is 1.91. The van der Waals surface area contributed by atoms with Gasteiger partial charge in [-0.25, -0.2) is 0 Å². The maximum absolute atomic E-state index is 15.0. The molecule has 4 saturated carbocycles. The molecule has 0 atom stereocenters. The average molecular weight is 544 g/mol. The van der Waals surface area contributed by atoms with E-state index in [2.05, 4.69) is 16.0 Å². The maximum atomic E-state index is 15.0. The fourth-order valence-corrected chi connectivity index (χ4v) is 8.59. The molecular formula is C34H33N5O2. The molecule has 3 aromatic rings. The Morgan fingerprint density at radius 3 is 1.95 bits per heavy atom. The molecule has 41 heavy (non-hydrogen) atoms. The summed E-state index contributed by atoms with van der Waals surface area (Å²) in [6.45, 7) is 0.613. The normalized spacial score (nSPS) is 28.7. The SMILES string of the molecule is CN1C(=CC(=O)c2ccc(C#N)cc2)N(CC2C3CC4CC(C3)CC2C4)C(=O)C1(c1ccncc1)c1ccncc1. The Labute approximate surface area is 240 Å². The van der Waals surface area contributed by atoms with Crippen molar-refractivity contribution in [1.82, 2.24) is 19.8 Å². The number of likely N-dealkylation sites (N-methyl/N-ethyl adjacent to an activating group) is 1. The van der Waals surface area contributed by atoms with Crippen molar-refractivity contribution in [3.63, 3.8) is 0 Å². The second-order valence-electron chi connectivity index (χ2n) is 12.3. The summed E-state index contributed by atoms with van der Waals surface area (Å²) in [6, 6.07) is 16.3. The molecule has 7 heteroatoms. The monoisotopic (exact) mass is 543 g/mol. The van der Waals surface area contributed by atoms with Crippen LogP contribution in [0.3, 0.4) is 0 Å². The van der Waals surface area contributed by atoms with Crippen molar-refractivity contribution in [2.45, 2.75) is 37.6 Å². The van der Waals surface area contributed by atoms with Crippen molar-refractivity contribution in [3.8, 4) is 6.07 Å². The van der Waals surface area contributed by atoms with Gasteiger partial charge in [0, 0.05) is 50.0 Å². The second kappa shape index (κ2) is 9.95. The first kappa shape index (κ1) is 25.6. The lowest BCUT2D eigenvalue weighted by Gasteiger charge is -2.55. The number of hydrogen-bond donors (Lipinski definition) is 0. The number of carbonyl (C=O) groups is 2. The highest BCUT2D eigenvalue weighted by molar-refractivity contribution is 6.06. The third-order valence-electron chi connectivity index (χ3n) is 10.2. The highest BCUT2D eigenvalue weighted by atomic mass is 16.2. The van der Waals surface area contributed by atoms with Gasteiger partial charge in [0.05, 0.1) is 11.6 Å². The molecule has 0 N–H and O–H groups in total. The third kappa shape index (κ3) is 4.08. The van der Waals surface area contributed by atoms with Gasteiger partial charge in [-0.05, 0) is 121 Å². The van der Waals surface area contributed by atoms with E-state index < -0.39 is 5.54 Å². The summed E-state index contributed by atoms with van der Waals surface area (Å²) in [5.41, 5.74) is 1.43. The van der Waals surface area contributed by atoms with Crippen LogP contribution in [0.2, 0.25) is 0 Å². The Morgan fingerprint density at radius 2 is 1.44 bits per heavy atom. The summed E-state index contributed by atoms with van der Waals surface area (Å²) < 4.78 is 0. The van der Waals surface area contributed by atoms with E-state index in [0.717, 1.165) is 23.0 Å². The summed E-state index contributed by atoms with van der Waals surface area (Å²) in [5.74, 6) is 3.74. The van der Waals surface area contributed by atoms with Gasteiger partial charge in [0.15, 0.2) is 11.3 Å². The number of hydrogen-bond acceptors (Lipinski definition) is 6. The highest BCUT2D eigenvalue weighted by Gasteiger charge is 2.58. The molecule has 7 nitrogen and oxygen atoms in total. The van der Waals surface area contributed by atoms with Gasteiger partial charge in [-0.3, -0.25) is 24.5 Å². The van der Waals surface area contributed by atoms with E-state index >= 15 is 0 Å². The van der Waals surface area contributed by atoms with Gasteiger partial charge in [0.2, 0.25) is 0 Å². The molecule has 4 bridgehead atoms. The van der Waals surface area contributed by atoms with Crippen LogP contribution in [0.25, 0.3) is 0 Å². The third-order valence-corrected chi connectivity index (χ3v) is 10.2. The average Bonchev–Trinajstić information content (AvgIpc) is 3.20. The summed E-state index contributed by atoms with van der Waals surface area (Å²) in [5, 5.41) is 9.21. The van der Waals surface area contributed by atoms with Crippen LogP contribution in [0, 0.1) is 40.9 Å². The molecule has 1 saturated heterocycles. The van der Waals surface area contributed by atoms with Gasteiger partial charge < -0.3 is 4.90 Å². The molecule has 1 aromatic carbocycles. The molecule has 5 aliphatic rings. The van der Waals surface area contributed by atoms with E-state index in [0.29, 0.717) is 41.2 Å². The summed E-state index contributed by atoms with van der Waals surface area (Å²) in [4.78, 5) is 41.0. The van der Waals surface area contributed by atoms with E-state index in [9.17, 15) is 14.9 Å². The summed E-state index contributed by atoms with van der Waals surface area (Å²) in [6.07, 6.45) is 14.9. The molecule has 0 unspecified atom stereocenters. The first-order valence-electron chi connectivity index (χ1n) is 14.6. The van der Waals surface area contributed by atoms with Gasteiger partial charge in [-0.2, -0.15) is 5.26 Å². The van der Waals surface area contributed by atoms with Crippen LogP contribution in [-0.2, 0) is 10.3 Å². The molecule has 8 rings (SSSR count). The minimum atomic E-state index is -1.16. The van der Waals surface area contributed by atoms with Crippen molar-refractivity contribution in [3.05, 3.63) is 107 Å². The molecular weight excluding hydrogens is 510 g/mol. The lowest BCUT2D eigenvalue weighted by Crippen LogP contribution is -2.50. The number of allylic oxidation sites excluding steroid dienone is 1. The maximum Gasteiger partial charge on any atom is 0.263 e. The van der Waals surface area contributed by atoms with Crippen LogP contribution in [0.1, 0.15) is 59.2 Å². The predicted octanol–water partition coefficient (Wildman–Crippen LogP) is 5.16. The number of rotatable bonds is 6. The van der Waals surface area contributed by atoms with Gasteiger partial charge in [-0.15, -0.1) is 0 Å². The van der Waals surface area contributed by atoms with E-state index in [1.807, 2.05) is 41.1 Å². The lowest BCUT2D eigenvalue weighted by atomic mass is 9.52. The van der Waals surface area contributed by atoms with Crippen molar-refractivity contribution >= 4 is 11.7 Å². The fourth-order valence-electron chi connectivity index (χ4n) is 8.59. The number of aromatic nitrogens is 2. The van der Waals surface area contributed by atoms with Crippen LogP contribution in [0.15, 0.2) is 85.2 Å². The molecule has 4 aliphatic carbocycles. The Bertz CT molecular complexity index is 1480. The van der Waals surface area contributed by atoms with Crippen LogP contribution in [0.5, 0.6) is 0 Å². The minimum absolute atomic E-state index is 0.0508. The Morgan fingerprint density at radius 1 is 0.902 bits per heavy atom. The Hall–Kier alpha value is -4.31. The predicted molar refractivity (Wildman–Crippen MR) is 153 cm³/mol. The van der Waals surface area contributed by atoms with Crippen molar-refractivity contribution in [2.24, 2.45) is 29.6 Å². The number of ketones is 1. The van der Waals surface area contributed by atoms with Gasteiger partial charge in [0.1, 0.15) is 5.82 Å². The first-order chi connectivity index (χ1) is 20.0. The molecule has 0 spiro atoms. The molecule has 206 valence electrons. The lowest BCUT2D eigenvalue weighted by molar-refractivity contribution is -0.134. The quantitative estimate of drug-likeness (QED) is 0.315. The minimum Gasteiger partial charge on any atom is -0.339 e. The van der Waals surface area contributed by atoms with E-state index in [1.54, 1.807) is 55.1 Å². The van der Waals surface area contributed by atoms with E-state index in [-0.39, 0.29) is 11.7 Å². The van der Waals surface area contributed by atoms with Crippen LogP contribution < -0.4 is 0 Å². The van der Waals surface area contributed by atoms with Crippen LogP contribution in [-0.4, -0.2) is 45.1 Å². The Kier molecular flexibility index (Phi) is 6.23. The summed E-state index contributed by atoms with van der Waals surface area (Å²) >= 11 is 0. The first-order valence-corrected chi connectivity index (χ1v) is 14.6. The van der Waals surface area contributed by atoms with Crippen molar-refractivity contribution in [2.75, 3.05) is 13.6 Å². The van der Waals surface area contributed by atoms with Gasteiger partial charge >= 0.3 is 0 Å². The largest absolute Gasteiger partial charge is 0.339 e. The number of amides is 1. The fraction of sp³-hybridized carbons (Fsp3) is 0.382. The number of nitriles is 1. The Balaban J connectivity index is 1.35. The van der Waals surface area contributed by atoms with E-state index in [1.165, 1.54) is 32.1 Å². The van der Waals surface area contributed by atoms with Crippen LogP contribution in [0.4, 0.5) is 0 Å². The van der Waals surface area contributed by atoms with Crippen LogP contribution >= 0.6 is 0 Å². The number of pyridine rings is 2. The topological polar surface area (TPSA) is 90.2 Å². The van der Waals surface area contributed by atoms with Crippen molar-refractivity contribution < 1.29 is 9.59 Å². The van der Waals surface area contributed by atoms with Gasteiger partial charge in [-0.1, -0.05) is 0 Å². The molecule has 1 aliphatic heterocycles. The molecule has 1 amide bonds. The van der Waals surface area contributed by atoms with Gasteiger partial charge in [0.25, 0.3) is 5.91 Å².